The van der Waals surface area contributed by atoms with Crippen LogP contribution in [0, 0.1) is 0 Å². The third kappa shape index (κ3) is 15.2. The lowest BCUT2D eigenvalue weighted by Crippen LogP contribution is -2.53. The number of rotatable bonds is 7. The molecule has 0 spiro atoms. The van der Waals surface area contributed by atoms with Crippen molar-refractivity contribution in [2.24, 2.45) is 0 Å². The molecule has 3 heterocycles. The fourth-order valence-electron chi connectivity index (χ4n) is 4.44. The second-order valence-corrected chi connectivity index (χ2v) is 12.5. The topological polar surface area (TPSA) is 98.3 Å². The van der Waals surface area contributed by atoms with E-state index in [2.05, 4.69) is 10.6 Å². The van der Waals surface area contributed by atoms with Crippen molar-refractivity contribution in [3.8, 4) is 0 Å². The van der Waals surface area contributed by atoms with E-state index >= 15 is 0 Å². The van der Waals surface area contributed by atoms with Crippen molar-refractivity contribution in [3.05, 3.63) is 69.7 Å². The highest BCUT2D eigenvalue weighted by molar-refractivity contribution is 6.30. The summed E-state index contributed by atoms with van der Waals surface area (Å²) < 4.78 is 21.7. The number of hydrogen-bond acceptors (Lipinski definition) is 7. The first-order chi connectivity index (χ1) is 20.1. The van der Waals surface area contributed by atoms with Gasteiger partial charge in [0.05, 0.1) is 44.2 Å². The summed E-state index contributed by atoms with van der Waals surface area (Å²) in [6.07, 6.45) is 3.64. The number of carbonyl (C=O) groups excluding carboxylic acids is 1. The largest absolute Gasteiger partial charge is 0.394 e. The summed E-state index contributed by atoms with van der Waals surface area (Å²) in [5.41, 5.74) is 2.09. The van der Waals surface area contributed by atoms with Gasteiger partial charge < -0.3 is 34.7 Å². The molecule has 3 aliphatic rings. The van der Waals surface area contributed by atoms with Gasteiger partial charge in [-0.25, -0.2) is 0 Å². The van der Waals surface area contributed by atoms with Crippen molar-refractivity contribution in [2.75, 3.05) is 46.2 Å². The predicted octanol–water partition coefficient (Wildman–Crippen LogP) is 5.25. The smallest absolute Gasteiger partial charge is 0.251 e. The van der Waals surface area contributed by atoms with Crippen molar-refractivity contribution in [1.29, 1.82) is 0 Å². The Morgan fingerprint density at radius 2 is 1.42 bits per heavy atom. The highest BCUT2D eigenvalue weighted by atomic mass is 35.5. The Bertz CT molecular complexity index is 1030. The van der Waals surface area contributed by atoms with Gasteiger partial charge in [0.2, 0.25) is 0 Å². The molecule has 2 aromatic rings. The second kappa shape index (κ2) is 19.6. The predicted molar refractivity (Wildman–Crippen MR) is 173 cm³/mol. The molecule has 1 amide bonds. The third-order valence-corrected chi connectivity index (χ3v) is 7.30. The van der Waals surface area contributed by atoms with Crippen molar-refractivity contribution in [2.45, 2.75) is 83.8 Å². The maximum atomic E-state index is 12.0. The summed E-state index contributed by atoms with van der Waals surface area (Å²) in [7, 11) is 0. The van der Waals surface area contributed by atoms with Gasteiger partial charge in [0.25, 0.3) is 5.91 Å². The fourth-order valence-corrected chi connectivity index (χ4v) is 4.69. The first kappa shape index (κ1) is 37.4. The van der Waals surface area contributed by atoms with E-state index in [1.54, 1.807) is 0 Å². The van der Waals surface area contributed by atoms with Crippen molar-refractivity contribution < 1.29 is 28.8 Å². The van der Waals surface area contributed by atoms with Gasteiger partial charge in [0.15, 0.2) is 6.10 Å². The number of morpholine rings is 2. The number of benzene rings is 2. The summed E-state index contributed by atoms with van der Waals surface area (Å²) in [6, 6.07) is 15.8. The summed E-state index contributed by atoms with van der Waals surface area (Å²) in [4.78, 5) is 12.0. The summed E-state index contributed by atoms with van der Waals surface area (Å²) >= 11 is 11.7. The highest BCUT2D eigenvalue weighted by Gasteiger charge is 2.30. The zero-order chi connectivity index (χ0) is 30.4. The molecule has 5 rings (SSSR count). The van der Waals surface area contributed by atoms with E-state index in [1.807, 2.05) is 69.3 Å². The first-order valence-corrected chi connectivity index (χ1v) is 15.5. The van der Waals surface area contributed by atoms with Crippen molar-refractivity contribution in [3.63, 3.8) is 0 Å². The quantitative estimate of drug-likeness (QED) is 0.380. The number of aliphatic hydroxyl groups is 1. The van der Waals surface area contributed by atoms with Gasteiger partial charge in [-0.15, -0.1) is 0 Å². The molecule has 3 N–H and O–H groups in total. The van der Waals surface area contributed by atoms with Crippen LogP contribution in [-0.4, -0.2) is 87.1 Å². The average molecular weight is 642 g/mol. The highest BCUT2D eigenvalue weighted by Crippen LogP contribution is 2.15. The Kier molecular flexibility index (Phi) is 17.1. The van der Waals surface area contributed by atoms with Gasteiger partial charge in [-0.1, -0.05) is 54.9 Å². The van der Waals surface area contributed by atoms with Crippen LogP contribution in [0.3, 0.4) is 0 Å². The number of carbonyl (C=O) groups is 1. The first-order valence-electron chi connectivity index (χ1n) is 14.7. The normalized spacial score (nSPS) is 23.5. The second-order valence-electron chi connectivity index (χ2n) is 11.7. The molecule has 242 valence electrons. The molecule has 0 bridgehead atoms. The molecule has 3 saturated heterocycles. The molecule has 2 aromatic carbocycles. The van der Waals surface area contributed by atoms with Gasteiger partial charge >= 0.3 is 0 Å². The van der Waals surface area contributed by atoms with E-state index in [-0.39, 0.29) is 44.3 Å². The molecule has 0 unspecified atom stereocenters. The van der Waals surface area contributed by atoms with Crippen LogP contribution in [0.2, 0.25) is 10.0 Å². The molecular formula is C33H50Cl2N2O6. The molecular weight excluding hydrogens is 591 g/mol. The van der Waals surface area contributed by atoms with E-state index < -0.39 is 6.10 Å². The molecule has 10 heteroatoms. The van der Waals surface area contributed by atoms with Crippen LogP contribution in [0.4, 0.5) is 0 Å². The van der Waals surface area contributed by atoms with E-state index in [4.69, 9.17) is 47.3 Å². The molecule has 3 aliphatic heterocycles. The number of aliphatic hydroxyl groups excluding tert-OH is 1. The van der Waals surface area contributed by atoms with Crippen LogP contribution in [0.5, 0.6) is 0 Å². The number of ether oxygens (including phenoxy) is 4. The Morgan fingerprint density at radius 1 is 0.884 bits per heavy atom. The SMILES string of the molecule is C.C1CCOC1.CC(C)(C)OC[C@@H]1OC[C@H](Cc2ccc(Cl)cc2)NC1=O.OC[C@H]1CN[C@@H](Cc2ccc(Cl)cc2)CO1. The van der Waals surface area contributed by atoms with Crippen LogP contribution in [0.25, 0.3) is 0 Å². The number of hydrogen-bond donors (Lipinski definition) is 3. The minimum absolute atomic E-state index is 0. The number of halogens is 2. The lowest BCUT2D eigenvalue weighted by molar-refractivity contribution is -0.150. The Hall–Kier alpha value is -1.75. The Morgan fingerprint density at radius 3 is 1.84 bits per heavy atom. The third-order valence-electron chi connectivity index (χ3n) is 6.79. The van der Waals surface area contributed by atoms with E-state index in [0.29, 0.717) is 24.3 Å². The fraction of sp³-hybridized carbons (Fsp3) is 0.606. The van der Waals surface area contributed by atoms with E-state index in [9.17, 15) is 4.79 Å². The van der Waals surface area contributed by atoms with Gasteiger partial charge in [-0.3, -0.25) is 4.79 Å². The molecule has 0 aromatic heterocycles. The molecule has 3 fully saturated rings. The van der Waals surface area contributed by atoms with Crippen LogP contribution in [0.1, 0.15) is 52.2 Å². The summed E-state index contributed by atoms with van der Waals surface area (Å²) in [6.45, 7) is 10.1. The lowest BCUT2D eigenvalue weighted by atomic mass is 10.0. The maximum absolute atomic E-state index is 12.0. The summed E-state index contributed by atoms with van der Waals surface area (Å²) in [5.74, 6) is -0.107. The minimum Gasteiger partial charge on any atom is -0.394 e. The van der Waals surface area contributed by atoms with Gasteiger partial charge in [-0.2, -0.15) is 0 Å². The maximum Gasteiger partial charge on any atom is 0.251 e. The molecule has 43 heavy (non-hydrogen) atoms. The number of amides is 1. The standard InChI is InChI=1S/C16H22ClNO3.C12H16ClNO2.C4H8O.CH4/c1-16(2,3)21-10-14-15(19)18-13(9-20-14)8-11-4-6-12(17)7-5-11;13-10-3-1-9(2-4-10)5-11-8-16-12(7-15)6-14-11;1-2-4-5-3-1;/h4-7,13-14H,8-10H2,1-3H3,(H,18,19);1-4,11-12,14-15H,5-8H2;1-4H2;1H4/t13-,14-;11-,12+;;/m00../s1. The lowest BCUT2D eigenvalue weighted by Gasteiger charge is -2.31. The molecule has 8 nitrogen and oxygen atoms in total. The molecule has 0 saturated carbocycles. The van der Waals surface area contributed by atoms with Crippen molar-refractivity contribution >= 4 is 29.1 Å². The van der Waals surface area contributed by atoms with E-state index in [0.717, 1.165) is 43.2 Å². The van der Waals surface area contributed by atoms with Gasteiger partial charge in [0, 0.05) is 35.8 Å². The van der Waals surface area contributed by atoms with Gasteiger partial charge in [0.1, 0.15) is 0 Å². The van der Waals surface area contributed by atoms with Crippen LogP contribution < -0.4 is 10.6 Å². The molecule has 0 radical (unpaired) electrons. The molecule has 4 atom stereocenters. The average Bonchev–Trinajstić information content (AvgIpc) is 3.56. The monoisotopic (exact) mass is 640 g/mol. The van der Waals surface area contributed by atoms with Crippen LogP contribution >= 0.6 is 23.2 Å². The Balaban J connectivity index is 0.000000258. The van der Waals surface area contributed by atoms with E-state index in [1.165, 1.54) is 18.4 Å². The zero-order valence-electron chi connectivity index (χ0n) is 25.0. The van der Waals surface area contributed by atoms with Crippen LogP contribution in [0.15, 0.2) is 48.5 Å². The zero-order valence-corrected chi connectivity index (χ0v) is 26.5. The van der Waals surface area contributed by atoms with Gasteiger partial charge in [-0.05, 0) is 81.8 Å². The minimum atomic E-state index is -0.523. The Labute approximate surface area is 267 Å². The number of nitrogens with one attached hydrogen (secondary N) is 2. The molecule has 0 aliphatic carbocycles. The van der Waals surface area contributed by atoms with Crippen LogP contribution in [-0.2, 0) is 36.6 Å². The summed E-state index contributed by atoms with van der Waals surface area (Å²) in [5, 5.41) is 16.7. The van der Waals surface area contributed by atoms with Crippen molar-refractivity contribution in [1.82, 2.24) is 10.6 Å².